The van der Waals surface area contributed by atoms with E-state index in [1.165, 1.54) is 12.3 Å². The van der Waals surface area contributed by atoms with E-state index in [-0.39, 0.29) is 24.6 Å². The number of amides is 1. The number of benzene rings is 1. The van der Waals surface area contributed by atoms with Gasteiger partial charge in [0.1, 0.15) is 0 Å². The Labute approximate surface area is 165 Å². The Morgan fingerprint density at radius 3 is 2.76 bits per heavy atom. The van der Waals surface area contributed by atoms with E-state index in [4.69, 9.17) is 8.94 Å². The lowest BCUT2D eigenvalue weighted by molar-refractivity contribution is -0.137. The molecule has 0 bridgehead atoms. The van der Waals surface area contributed by atoms with E-state index in [2.05, 4.69) is 15.5 Å². The molecule has 154 valence electrons. The van der Waals surface area contributed by atoms with Crippen molar-refractivity contribution in [3.05, 3.63) is 59.7 Å². The first-order valence-electron chi connectivity index (χ1n) is 9.19. The minimum absolute atomic E-state index is 0.0684. The van der Waals surface area contributed by atoms with Gasteiger partial charge in [-0.2, -0.15) is 18.2 Å². The Bertz CT molecular complexity index is 936. The number of furan rings is 1. The highest BCUT2D eigenvalue weighted by molar-refractivity contribution is 5.76. The number of alkyl halides is 3. The van der Waals surface area contributed by atoms with Crippen molar-refractivity contribution in [2.75, 3.05) is 0 Å². The molecule has 0 radical (unpaired) electrons. The molecule has 0 aliphatic rings. The van der Waals surface area contributed by atoms with Crippen LogP contribution >= 0.6 is 0 Å². The van der Waals surface area contributed by atoms with E-state index in [1.807, 2.05) is 6.92 Å². The summed E-state index contributed by atoms with van der Waals surface area (Å²) in [5.74, 6) is 0.714. The number of hydrogen-bond acceptors (Lipinski definition) is 5. The van der Waals surface area contributed by atoms with E-state index in [0.29, 0.717) is 30.0 Å². The molecule has 0 saturated carbocycles. The molecule has 0 saturated heterocycles. The molecular formula is C20H20F3N3O3. The zero-order valence-corrected chi connectivity index (χ0v) is 15.7. The number of aromatic nitrogens is 2. The van der Waals surface area contributed by atoms with Crippen LogP contribution in [0.15, 0.2) is 51.6 Å². The maximum absolute atomic E-state index is 13.0. The molecule has 0 spiro atoms. The first-order chi connectivity index (χ1) is 13.9. The molecule has 0 aliphatic carbocycles. The average molecular weight is 407 g/mol. The van der Waals surface area contributed by atoms with Gasteiger partial charge in [-0.25, -0.2) is 0 Å². The van der Waals surface area contributed by atoms with Crippen LogP contribution in [0, 0.1) is 0 Å². The Balaban J connectivity index is 1.61. The van der Waals surface area contributed by atoms with Gasteiger partial charge in [-0.1, -0.05) is 30.6 Å². The van der Waals surface area contributed by atoms with Crippen molar-refractivity contribution in [1.29, 1.82) is 0 Å². The topological polar surface area (TPSA) is 81.2 Å². The van der Waals surface area contributed by atoms with Gasteiger partial charge in [0.05, 0.1) is 17.9 Å². The maximum Gasteiger partial charge on any atom is 0.416 e. The summed E-state index contributed by atoms with van der Waals surface area (Å²) >= 11 is 0. The fourth-order valence-electron chi connectivity index (χ4n) is 2.89. The maximum atomic E-state index is 13.0. The minimum Gasteiger partial charge on any atom is -0.461 e. The van der Waals surface area contributed by atoms with Gasteiger partial charge in [-0.3, -0.25) is 4.79 Å². The monoisotopic (exact) mass is 407 g/mol. The number of aryl methyl sites for hydroxylation is 1. The molecule has 1 N–H and O–H groups in total. The Kier molecular flexibility index (Phi) is 6.36. The lowest BCUT2D eigenvalue weighted by Gasteiger charge is -2.20. The molecule has 9 heteroatoms. The van der Waals surface area contributed by atoms with Crippen LogP contribution in [0.1, 0.15) is 49.2 Å². The number of carbonyl (C=O) groups is 1. The molecule has 1 amide bonds. The van der Waals surface area contributed by atoms with Crippen molar-refractivity contribution in [2.45, 2.75) is 44.8 Å². The number of carbonyl (C=O) groups excluding carboxylic acids is 1. The quantitative estimate of drug-likeness (QED) is 0.572. The average Bonchev–Trinajstić information content (AvgIpc) is 3.37. The number of nitrogens with zero attached hydrogens (tertiary/aromatic N) is 2. The zero-order chi connectivity index (χ0) is 20.9. The molecule has 1 unspecified atom stereocenters. The molecule has 2 heterocycles. The first kappa shape index (κ1) is 20.6. The third-order valence-electron chi connectivity index (χ3n) is 4.30. The summed E-state index contributed by atoms with van der Waals surface area (Å²) in [4.78, 5) is 16.5. The van der Waals surface area contributed by atoms with E-state index in [9.17, 15) is 18.0 Å². The van der Waals surface area contributed by atoms with E-state index < -0.39 is 17.8 Å². The van der Waals surface area contributed by atoms with Gasteiger partial charge in [-0.05, 0) is 36.2 Å². The second kappa shape index (κ2) is 8.93. The van der Waals surface area contributed by atoms with E-state index >= 15 is 0 Å². The zero-order valence-electron chi connectivity index (χ0n) is 15.7. The molecule has 0 aliphatic heterocycles. The van der Waals surface area contributed by atoms with Crippen molar-refractivity contribution in [3.8, 4) is 11.6 Å². The van der Waals surface area contributed by atoms with Crippen LogP contribution in [-0.4, -0.2) is 16.0 Å². The summed E-state index contributed by atoms with van der Waals surface area (Å²) in [6.45, 7) is 1.90. The lowest BCUT2D eigenvalue weighted by atomic mass is 9.99. The number of halogens is 3. The van der Waals surface area contributed by atoms with Crippen LogP contribution in [0.3, 0.4) is 0 Å². The highest BCUT2D eigenvalue weighted by atomic mass is 19.4. The van der Waals surface area contributed by atoms with Crippen LogP contribution in [0.25, 0.3) is 11.6 Å². The highest BCUT2D eigenvalue weighted by Gasteiger charge is 2.31. The molecule has 0 fully saturated rings. The summed E-state index contributed by atoms with van der Waals surface area (Å²) in [6, 6.07) is 7.91. The third-order valence-corrected chi connectivity index (χ3v) is 4.30. The molecule has 1 atom stereocenters. The van der Waals surface area contributed by atoms with Crippen LogP contribution in [0.2, 0.25) is 0 Å². The molecule has 29 heavy (non-hydrogen) atoms. The fourth-order valence-corrected chi connectivity index (χ4v) is 2.89. The second-order valence-electron chi connectivity index (χ2n) is 6.52. The predicted molar refractivity (Wildman–Crippen MR) is 97.6 cm³/mol. The van der Waals surface area contributed by atoms with Crippen LogP contribution in [0.5, 0.6) is 0 Å². The van der Waals surface area contributed by atoms with Crippen LogP contribution in [-0.2, 0) is 17.4 Å². The molecule has 2 aromatic heterocycles. The second-order valence-corrected chi connectivity index (χ2v) is 6.52. The molecule has 6 nitrogen and oxygen atoms in total. The van der Waals surface area contributed by atoms with Crippen LogP contribution < -0.4 is 5.32 Å². The SMILES string of the molecule is CCCC(NC(=O)CCc1nc(-c2ccco2)no1)c1cccc(C(F)(F)F)c1. The van der Waals surface area contributed by atoms with Crippen molar-refractivity contribution in [3.63, 3.8) is 0 Å². The van der Waals surface area contributed by atoms with Gasteiger partial charge in [-0.15, -0.1) is 0 Å². The van der Waals surface area contributed by atoms with Gasteiger partial charge in [0.2, 0.25) is 17.6 Å². The lowest BCUT2D eigenvalue weighted by Crippen LogP contribution is -2.29. The number of nitrogens with one attached hydrogen (secondary N) is 1. The molecular weight excluding hydrogens is 387 g/mol. The number of rotatable bonds is 8. The van der Waals surface area contributed by atoms with Crippen LogP contribution in [0.4, 0.5) is 13.2 Å². The van der Waals surface area contributed by atoms with Gasteiger partial charge < -0.3 is 14.3 Å². The van der Waals surface area contributed by atoms with Gasteiger partial charge in [0.25, 0.3) is 0 Å². The van der Waals surface area contributed by atoms with Crippen molar-refractivity contribution in [1.82, 2.24) is 15.5 Å². The van der Waals surface area contributed by atoms with Gasteiger partial charge in [0, 0.05) is 12.8 Å². The summed E-state index contributed by atoms with van der Waals surface area (Å²) in [6.07, 6.45) is -1.44. The van der Waals surface area contributed by atoms with Gasteiger partial charge >= 0.3 is 6.18 Å². The first-order valence-corrected chi connectivity index (χ1v) is 9.19. The largest absolute Gasteiger partial charge is 0.461 e. The third kappa shape index (κ3) is 5.46. The standard InChI is InChI=1S/C20H20F3N3O3/c1-2-5-15(13-6-3-7-14(12-13)20(21,22)23)24-17(27)9-10-18-25-19(26-29-18)16-8-4-11-28-16/h3-4,6-8,11-12,15H,2,5,9-10H2,1H3,(H,24,27). The van der Waals surface area contributed by atoms with Gasteiger partial charge in [0.15, 0.2) is 5.76 Å². The van der Waals surface area contributed by atoms with Crippen molar-refractivity contribution in [2.24, 2.45) is 0 Å². The molecule has 3 rings (SSSR count). The highest BCUT2D eigenvalue weighted by Crippen LogP contribution is 2.31. The van der Waals surface area contributed by atoms with E-state index in [1.54, 1.807) is 18.2 Å². The summed E-state index contributed by atoms with van der Waals surface area (Å²) in [7, 11) is 0. The summed E-state index contributed by atoms with van der Waals surface area (Å²) < 4.78 is 49.2. The predicted octanol–water partition coefficient (Wildman–Crippen LogP) is 4.94. The Hall–Kier alpha value is -3.10. The van der Waals surface area contributed by atoms with E-state index in [0.717, 1.165) is 12.1 Å². The smallest absolute Gasteiger partial charge is 0.416 e. The van der Waals surface area contributed by atoms with Crippen molar-refractivity contribution < 1.29 is 26.9 Å². The summed E-state index contributed by atoms with van der Waals surface area (Å²) in [5.41, 5.74) is -0.311. The minimum atomic E-state index is -4.43. The van der Waals surface area contributed by atoms with Crippen molar-refractivity contribution >= 4 is 5.91 Å². The number of hydrogen-bond donors (Lipinski definition) is 1. The Morgan fingerprint density at radius 2 is 2.07 bits per heavy atom. The molecule has 1 aromatic carbocycles. The summed E-state index contributed by atoms with van der Waals surface area (Å²) in [5, 5.41) is 6.59. The molecule has 3 aromatic rings. The Morgan fingerprint density at radius 1 is 1.24 bits per heavy atom. The fraction of sp³-hybridized carbons (Fsp3) is 0.350. The normalized spacial score (nSPS) is 12.7.